The van der Waals surface area contributed by atoms with Crippen LogP contribution in [-0.2, 0) is 6.42 Å². The molecule has 0 N–H and O–H groups in total. The van der Waals surface area contributed by atoms with Crippen LogP contribution in [0.15, 0.2) is 82.2 Å². The van der Waals surface area contributed by atoms with E-state index in [1.54, 1.807) is 36.4 Å². The molecular weight excluding hydrogens is 408 g/mol. The Hall–Kier alpha value is -4.06. The first-order chi connectivity index (χ1) is 15.6. The number of aryl methyl sites for hydroxylation is 1. The molecule has 0 saturated heterocycles. The maximum Gasteiger partial charge on any atom is 0.343 e. The molecule has 3 aromatic carbocycles. The fourth-order valence-corrected chi connectivity index (χ4v) is 3.26. The number of benzene rings is 3. The summed E-state index contributed by atoms with van der Waals surface area (Å²) in [6.07, 6.45) is 2.05. The minimum Gasteiger partial charge on any atom is -0.494 e. The van der Waals surface area contributed by atoms with Crippen LogP contribution in [-0.4, -0.2) is 12.6 Å². The van der Waals surface area contributed by atoms with Gasteiger partial charge in [0.15, 0.2) is 0 Å². The van der Waals surface area contributed by atoms with Gasteiger partial charge in [0.1, 0.15) is 29.1 Å². The molecule has 0 unspecified atom stereocenters. The van der Waals surface area contributed by atoms with Gasteiger partial charge in [0.05, 0.1) is 17.6 Å². The van der Waals surface area contributed by atoms with Gasteiger partial charge in [0, 0.05) is 6.07 Å². The first-order valence-electron chi connectivity index (χ1n) is 10.4. The number of hydrogen-bond donors (Lipinski definition) is 0. The van der Waals surface area contributed by atoms with Crippen LogP contribution in [0.5, 0.6) is 23.0 Å². The molecule has 0 spiro atoms. The lowest BCUT2D eigenvalue weighted by Gasteiger charge is -2.10. The van der Waals surface area contributed by atoms with Gasteiger partial charge in [-0.3, -0.25) is 4.79 Å². The number of fused-ring (bicyclic) bond motifs is 1. The lowest BCUT2D eigenvalue weighted by Crippen LogP contribution is -2.09. The number of carbonyl (C=O) groups is 1. The summed E-state index contributed by atoms with van der Waals surface area (Å²) in [5.74, 6) is 1.13. The van der Waals surface area contributed by atoms with Crippen molar-refractivity contribution in [2.75, 3.05) is 6.61 Å². The molecule has 0 bridgehead atoms. The van der Waals surface area contributed by atoms with Crippen LogP contribution >= 0.6 is 0 Å². The molecule has 0 fully saturated rings. The average Bonchev–Trinajstić information content (AvgIpc) is 2.82. The highest BCUT2D eigenvalue weighted by Crippen LogP contribution is 2.27. The Bertz CT molecular complexity index is 1300. The predicted molar refractivity (Wildman–Crippen MR) is 121 cm³/mol. The fraction of sp³-hybridized carbons (Fsp3) is 0.154. The van der Waals surface area contributed by atoms with E-state index >= 15 is 0 Å². The quantitative estimate of drug-likeness (QED) is 0.274. The molecule has 162 valence electrons. The number of carbonyl (C=O) groups excluding carboxylic acids is 1. The van der Waals surface area contributed by atoms with Crippen molar-refractivity contribution >= 4 is 16.9 Å². The number of rotatable bonds is 7. The standard InChI is InChI=1S/C26H22O6/c1-3-17-7-5-6-8-22(17)32-24-16-30-23-15-20(13-14-21(23)25(24)27)31-26(28)18-9-11-19(12-10-18)29-4-2/h5-16H,3-4H2,1-2H3. The van der Waals surface area contributed by atoms with Crippen molar-refractivity contribution in [2.24, 2.45) is 0 Å². The Balaban J connectivity index is 1.55. The first-order valence-corrected chi connectivity index (χ1v) is 10.4. The van der Waals surface area contributed by atoms with Crippen LogP contribution in [0.1, 0.15) is 29.8 Å². The van der Waals surface area contributed by atoms with Crippen LogP contribution < -0.4 is 19.6 Å². The Morgan fingerprint density at radius 2 is 1.66 bits per heavy atom. The van der Waals surface area contributed by atoms with E-state index in [1.807, 2.05) is 38.1 Å². The molecule has 0 saturated carbocycles. The lowest BCUT2D eigenvalue weighted by molar-refractivity contribution is 0.0735. The van der Waals surface area contributed by atoms with Gasteiger partial charge >= 0.3 is 5.97 Å². The molecule has 0 atom stereocenters. The molecule has 0 aliphatic rings. The second-order valence-electron chi connectivity index (χ2n) is 7.00. The Morgan fingerprint density at radius 1 is 0.906 bits per heavy atom. The summed E-state index contributed by atoms with van der Waals surface area (Å²) in [4.78, 5) is 25.3. The number of esters is 1. The lowest BCUT2D eigenvalue weighted by atomic mass is 10.1. The zero-order chi connectivity index (χ0) is 22.5. The van der Waals surface area contributed by atoms with E-state index in [1.165, 1.54) is 12.3 Å². The third kappa shape index (κ3) is 4.49. The van der Waals surface area contributed by atoms with Gasteiger partial charge in [-0.2, -0.15) is 0 Å². The third-order valence-corrected chi connectivity index (χ3v) is 4.90. The summed E-state index contributed by atoms with van der Waals surface area (Å²) in [6.45, 7) is 4.45. The molecule has 1 heterocycles. The molecule has 32 heavy (non-hydrogen) atoms. The molecule has 0 aliphatic heterocycles. The van der Waals surface area contributed by atoms with Crippen molar-refractivity contribution in [2.45, 2.75) is 20.3 Å². The third-order valence-electron chi connectivity index (χ3n) is 4.90. The Labute approximate surface area is 185 Å². The number of ether oxygens (including phenoxy) is 3. The second kappa shape index (κ2) is 9.39. The Kier molecular flexibility index (Phi) is 6.22. The summed E-state index contributed by atoms with van der Waals surface area (Å²) >= 11 is 0. The normalized spacial score (nSPS) is 10.7. The summed E-state index contributed by atoms with van der Waals surface area (Å²) < 4.78 is 22.2. The van der Waals surface area contributed by atoms with Gasteiger partial charge in [0.2, 0.25) is 11.2 Å². The number of hydrogen-bond acceptors (Lipinski definition) is 6. The molecule has 1 aromatic heterocycles. The van der Waals surface area contributed by atoms with E-state index in [4.69, 9.17) is 18.6 Å². The zero-order valence-electron chi connectivity index (χ0n) is 17.8. The Morgan fingerprint density at radius 3 is 2.41 bits per heavy atom. The van der Waals surface area contributed by atoms with Gasteiger partial charge < -0.3 is 18.6 Å². The van der Waals surface area contributed by atoms with Crippen LogP contribution in [0.4, 0.5) is 0 Å². The van der Waals surface area contributed by atoms with Crippen LogP contribution in [0.3, 0.4) is 0 Å². The van der Waals surface area contributed by atoms with Gasteiger partial charge in [-0.15, -0.1) is 0 Å². The zero-order valence-corrected chi connectivity index (χ0v) is 17.8. The van der Waals surface area contributed by atoms with Crippen molar-refractivity contribution < 1.29 is 23.4 Å². The van der Waals surface area contributed by atoms with Crippen LogP contribution in [0, 0.1) is 0 Å². The fourth-order valence-electron chi connectivity index (χ4n) is 3.26. The number of para-hydroxylation sites is 1. The van der Waals surface area contributed by atoms with Crippen LogP contribution in [0.25, 0.3) is 11.0 Å². The predicted octanol–water partition coefficient (Wildman–Crippen LogP) is 5.77. The monoisotopic (exact) mass is 430 g/mol. The minimum absolute atomic E-state index is 0.0949. The van der Waals surface area contributed by atoms with Crippen molar-refractivity contribution in [3.63, 3.8) is 0 Å². The molecule has 0 radical (unpaired) electrons. The molecule has 6 nitrogen and oxygen atoms in total. The summed E-state index contributed by atoms with van der Waals surface area (Å²) in [5, 5.41) is 0.331. The summed E-state index contributed by atoms with van der Waals surface area (Å²) in [5.41, 5.74) is 1.36. The SMILES string of the molecule is CCOc1ccc(C(=O)Oc2ccc3c(=O)c(Oc4ccccc4CC)coc3c2)cc1. The largest absolute Gasteiger partial charge is 0.494 e. The smallest absolute Gasteiger partial charge is 0.343 e. The first kappa shape index (κ1) is 21.2. The molecule has 0 aliphatic carbocycles. The molecule has 6 heteroatoms. The maximum absolute atomic E-state index is 12.9. The van der Waals surface area contributed by atoms with E-state index in [-0.39, 0.29) is 16.9 Å². The van der Waals surface area contributed by atoms with Crippen LogP contribution in [0.2, 0.25) is 0 Å². The van der Waals surface area contributed by atoms with E-state index in [0.29, 0.717) is 34.6 Å². The van der Waals surface area contributed by atoms with E-state index in [2.05, 4.69) is 0 Å². The molecular formula is C26H22O6. The van der Waals surface area contributed by atoms with Crippen molar-refractivity contribution in [3.05, 3.63) is 94.3 Å². The summed E-state index contributed by atoms with van der Waals surface area (Å²) in [6, 6.07) is 18.8. The second-order valence-corrected chi connectivity index (χ2v) is 7.00. The maximum atomic E-state index is 12.9. The highest BCUT2D eigenvalue weighted by molar-refractivity contribution is 5.91. The molecule has 0 amide bonds. The van der Waals surface area contributed by atoms with Gasteiger partial charge in [-0.05, 0) is 61.4 Å². The van der Waals surface area contributed by atoms with Gasteiger partial charge in [0.25, 0.3) is 0 Å². The highest BCUT2D eigenvalue weighted by atomic mass is 16.5. The van der Waals surface area contributed by atoms with Gasteiger partial charge in [-0.25, -0.2) is 4.79 Å². The molecule has 4 aromatic rings. The van der Waals surface area contributed by atoms with E-state index in [0.717, 1.165) is 12.0 Å². The van der Waals surface area contributed by atoms with Crippen molar-refractivity contribution in [3.8, 4) is 23.0 Å². The van der Waals surface area contributed by atoms with Crippen molar-refractivity contribution in [1.82, 2.24) is 0 Å². The highest BCUT2D eigenvalue weighted by Gasteiger charge is 2.14. The van der Waals surface area contributed by atoms with Crippen molar-refractivity contribution in [1.29, 1.82) is 0 Å². The average molecular weight is 430 g/mol. The van der Waals surface area contributed by atoms with E-state index < -0.39 is 5.97 Å². The van der Waals surface area contributed by atoms with E-state index in [9.17, 15) is 9.59 Å². The minimum atomic E-state index is -0.522. The summed E-state index contributed by atoms with van der Waals surface area (Å²) in [7, 11) is 0. The molecule has 4 rings (SSSR count). The van der Waals surface area contributed by atoms with Gasteiger partial charge in [-0.1, -0.05) is 25.1 Å². The topological polar surface area (TPSA) is 75.0 Å².